The summed E-state index contributed by atoms with van der Waals surface area (Å²) in [5, 5.41) is 3.03. The molecule has 0 N–H and O–H groups in total. The third-order valence-electron chi connectivity index (χ3n) is 5.09. The molecule has 2 aromatic heterocycles. The first-order valence-electron chi connectivity index (χ1n) is 10.1. The van der Waals surface area contributed by atoms with Crippen LogP contribution in [0, 0.1) is 0 Å². The summed E-state index contributed by atoms with van der Waals surface area (Å²) in [6.45, 7) is 4.08. The maximum Gasteiger partial charge on any atom is 0.263 e. The molecule has 0 fully saturated rings. The number of benzene rings is 2. The van der Waals surface area contributed by atoms with Gasteiger partial charge in [0.05, 0.1) is 25.4 Å². The second-order valence-electron chi connectivity index (χ2n) is 7.08. The number of ether oxygens (including phenoxy) is 2. The molecule has 0 spiro atoms. The zero-order chi connectivity index (χ0) is 23.4. The molecule has 33 heavy (non-hydrogen) atoms. The summed E-state index contributed by atoms with van der Waals surface area (Å²) in [4.78, 5) is 31.6. The van der Waals surface area contributed by atoms with Gasteiger partial charge in [0.2, 0.25) is 0 Å². The molecule has 0 aliphatic carbocycles. The molecular weight excluding hydrogens is 456 g/mol. The highest BCUT2D eigenvalue weighted by Crippen LogP contribution is 2.33. The molecule has 0 bridgehead atoms. The van der Waals surface area contributed by atoms with Crippen molar-refractivity contribution in [1.82, 2.24) is 9.55 Å². The third kappa shape index (κ3) is 4.58. The molecule has 4 aromatic rings. The molecule has 6 nitrogen and oxygen atoms in total. The lowest BCUT2D eigenvalue weighted by Crippen LogP contribution is -2.23. The fourth-order valence-electron chi connectivity index (χ4n) is 3.46. The average molecular weight is 479 g/mol. The van der Waals surface area contributed by atoms with Crippen molar-refractivity contribution in [3.63, 3.8) is 0 Å². The Balaban J connectivity index is 1.67. The number of allylic oxidation sites excluding steroid dienone is 1. The number of nitrogens with zero attached hydrogens (tertiary/aromatic N) is 2. The Morgan fingerprint density at radius 2 is 1.91 bits per heavy atom. The molecule has 0 radical (unpaired) electrons. The van der Waals surface area contributed by atoms with Crippen LogP contribution in [0.1, 0.15) is 10.4 Å². The lowest BCUT2D eigenvalue weighted by Gasteiger charge is -2.11. The van der Waals surface area contributed by atoms with E-state index in [2.05, 4.69) is 6.58 Å². The molecule has 0 atom stereocenters. The Morgan fingerprint density at radius 3 is 2.61 bits per heavy atom. The van der Waals surface area contributed by atoms with Crippen LogP contribution >= 0.6 is 23.1 Å². The number of hydrogen-bond donors (Lipinski definition) is 0. The van der Waals surface area contributed by atoms with Crippen LogP contribution < -0.4 is 15.0 Å². The number of aromatic nitrogens is 2. The first-order chi connectivity index (χ1) is 16.1. The fraction of sp³-hybridized carbons (Fsp3) is 0.160. The van der Waals surface area contributed by atoms with E-state index in [1.807, 2.05) is 35.7 Å². The molecular formula is C25H22N2O4S2. The zero-order valence-electron chi connectivity index (χ0n) is 18.2. The van der Waals surface area contributed by atoms with Gasteiger partial charge in [-0.25, -0.2) is 4.98 Å². The standard InChI is InChI=1S/C25H22N2O4S2/c1-4-12-27-24(29)22-18(16-8-6-5-7-9-16)14-32-23(22)26-25(27)33-15-19(28)17-10-11-20(30-2)21(13-17)31-3/h4-11,13-14H,1,12,15H2,2-3H3. The number of fused-ring (bicyclic) bond motifs is 1. The minimum atomic E-state index is -0.138. The minimum Gasteiger partial charge on any atom is -0.493 e. The van der Waals surface area contributed by atoms with Crippen LogP contribution in [0.15, 0.2) is 76.5 Å². The number of carbonyl (C=O) groups excluding carboxylic acids is 1. The number of hydrogen-bond acceptors (Lipinski definition) is 7. The van der Waals surface area contributed by atoms with Crippen molar-refractivity contribution in [1.29, 1.82) is 0 Å². The molecule has 0 aliphatic heterocycles. The summed E-state index contributed by atoms with van der Waals surface area (Å²) in [5.41, 5.74) is 2.20. The molecule has 168 valence electrons. The molecule has 8 heteroatoms. The van der Waals surface area contributed by atoms with Crippen LogP contribution in [0.5, 0.6) is 11.5 Å². The molecule has 0 amide bonds. The highest BCUT2D eigenvalue weighted by Gasteiger charge is 2.18. The number of thiophene rings is 1. The Bertz CT molecular complexity index is 1380. The van der Waals surface area contributed by atoms with Gasteiger partial charge in [0.25, 0.3) is 5.56 Å². The maximum atomic E-state index is 13.4. The van der Waals surface area contributed by atoms with Crippen LogP contribution in [0.2, 0.25) is 0 Å². The number of ketones is 1. The van der Waals surface area contributed by atoms with Crippen LogP contribution in [-0.2, 0) is 6.54 Å². The highest BCUT2D eigenvalue weighted by molar-refractivity contribution is 7.99. The minimum absolute atomic E-state index is 0.100. The molecule has 4 rings (SSSR count). The predicted molar refractivity (Wildman–Crippen MR) is 134 cm³/mol. The molecule has 0 saturated heterocycles. The van der Waals surface area contributed by atoms with Crippen LogP contribution in [0.3, 0.4) is 0 Å². The zero-order valence-corrected chi connectivity index (χ0v) is 19.9. The van der Waals surface area contributed by atoms with E-state index >= 15 is 0 Å². The second-order valence-corrected chi connectivity index (χ2v) is 8.88. The van der Waals surface area contributed by atoms with Crippen LogP contribution in [0.25, 0.3) is 21.3 Å². The van der Waals surface area contributed by atoms with E-state index in [9.17, 15) is 9.59 Å². The van der Waals surface area contributed by atoms with E-state index in [-0.39, 0.29) is 17.1 Å². The van der Waals surface area contributed by atoms with Crippen molar-refractivity contribution < 1.29 is 14.3 Å². The quantitative estimate of drug-likeness (QED) is 0.141. The largest absolute Gasteiger partial charge is 0.493 e. The normalized spacial score (nSPS) is 10.8. The first-order valence-corrected chi connectivity index (χ1v) is 12.0. The van der Waals surface area contributed by atoms with Crippen LogP contribution in [-0.4, -0.2) is 35.3 Å². The van der Waals surface area contributed by atoms with Crippen molar-refractivity contribution in [2.45, 2.75) is 11.7 Å². The first kappa shape index (κ1) is 22.8. The molecule has 0 unspecified atom stereocenters. The van der Waals surface area contributed by atoms with E-state index in [0.717, 1.165) is 11.1 Å². The highest BCUT2D eigenvalue weighted by atomic mass is 32.2. The van der Waals surface area contributed by atoms with E-state index in [1.165, 1.54) is 30.2 Å². The van der Waals surface area contributed by atoms with Crippen molar-refractivity contribution >= 4 is 39.1 Å². The van der Waals surface area contributed by atoms with Gasteiger partial charge < -0.3 is 9.47 Å². The summed E-state index contributed by atoms with van der Waals surface area (Å²) in [5.74, 6) is 1.07. The number of thioether (sulfide) groups is 1. The summed E-state index contributed by atoms with van der Waals surface area (Å²) in [7, 11) is 3.07. The third-order valence-corrected chi connectivity index (χ3v) is 6.94. The summed E-state index contributed by atoms with van der Waals surface area (Å²) in [6.07, 6.45) is 1.66. The maximum absolute atomic E-state index is 13.4. The van der Waals surface area contributed by atoms with E-state index < -0.39 is 0 Å². The Labute approximate surface area is 199 Å². The van der Waals surface area contributed by atoms with Gasteiger partial charge in [-0.15, -0.1) is 17.9 Å². The van der Waals surface area contributed by atoms with Gasteiger partial charge in [-0.2, -0.15) is 0 Å². The Kier molecular flexibility index (Phi) is 6.96. The smallest absolute Gasteiger partial charge is 0.263 e. The van der Waals surface area contributed by atoms with Gasteiger partial charge in [-0.05, 0) is 23.8 Å². The van der Waals surface area contributed by atoms with Crippen molar-refractivity contribution in [3.05, 3.63) is 82.5 Å². The number of carbonyl (C=O) groups is 1. The molecule has 0 aliphatic rings. The van der Waals surface area contributed by atoms with Gasteiger partial charge in [0, 0.05) is 23.1 Å². The molecule has 2 heterocycles. The Hall–Kier alpha value is -3.36. The average Bonchev–Trinajstić information content (AvgIpc) is 3.28. The lowest BCUT2D eigenvalue weighted by molar-refractivity contribution is 0.102. The van der Waals surface area contributed by atoms with Crippen molar-refractivity contribution in [3.8, 4) is 22.6 Å². The Morgan fingerprint density at radius 1 is 1.15 bits per heavy atom. The van der Waals surface area contributed by atoms with Gasteiger partial charge in [-0.1, -0.05) is 48.2 Å². The van der Waals surface area contributed by atoms with E-state index in [4.69, 9.17) is 14.5 Å². The van der Waals surface area contributed by atoms with Gasteiger partial charge in [0.15, 0.2) is 22.4 Å². The summed E-state index contributed by atoms with van der Waals surface area (Å²) >= 11 is 2.66. The van der Waals surface area contributed by atoms with E-state index in [0.29, 0.717) is 39.0 Å². The monoisotopic (exact) mass is 478 g/mol. The number of methoxy groups -OCH3 is 2. The van der Waals surface area contributed by atoms with Gasteiger partial charge >= 0.3 is 0 Å². The SMILES string of the molecule is C=CCn1c(SCC(=O)c2ccc(OC)c(OC)c2)nc2scc(-c3ccccc3)c2c1=O. The van der Waals surface area contributed by atoms with Crippen LogP contribution in [0.4, 0.5) is 0 Å². The summed E-state index contributed by atoms with van der Waals surface area (Å²) in [6, 6.07) is 14.8. The van der Waals surface area contributed by atoms with Crippen molar-refractivity contribution in [2.24, 2.45) is 0 Å². The van der Waals surface area contributed by atoms with Crippen molar-refractivity contribution in [2.75, 3.05) is 20.0 Å². The molecule has 0 saturated carbocycles. The number of Topliss-reactive ketones (excluding diaryl/α,β-unsaturated/α-hetero) is 1. The predicted octanol–water partition coefficient (Wildman–Crippen LogP) is 5.30. The van der Waals surface area contributed by atoms with E-state index in [1.54, 1.807) is 36.0 Å². The topological polar surface area (TPSA) is 70.4 Å². The lowest BCUT2D eigenvalue weighted by atomic mass is 10.1. The molecule has 2 aromatic carbocycles. The van der Waals surface area contributed by atoms with Gasteiger partial charge in [-0.3, -0.25) is 14.2 Å². The fourth-order valence-corrected chi connectivity index (χ4v) is 5.35. The second kappa shape index (κ2) is 10.1. The van der Waals surface area contributed by atoms with Gasteiger partial charge in [0.1, 0.15) is 4.83 Å². The summed E-state index contributed by atoms with van der Waals surface area (Å²) < 4.78 is 12.1. The number of rotatable bonds is 9.